The second-order valence-corrected chi connectivity index (χ2v) is 4.91. The lowest BCUT2D eigenvalue weighted by Gasteiger charge is -2.16. The van der Waals surface area contributed by atoms with Crippen LogP contribution >= 0.6 is 0 Å². The predicted octanol–water partition coefficient (Wildman–Crippen LogP) is 2.25. The highest BCUT2D eigenvalue weighted by Gasteiger charge is 2.22. The quantitative estimate of drug-likeness (QED) is 0.875. The van der Waals surface area contributed by atoms with Gasteiger partial charge in [-0.15, -0.1) is 0 Å². The summed E-state index contributed by atoms with van der Waals surface area (Å²) in [5.41, 5.74) is 1.98. The average Bonchev–Trinajstić information content (AvgIpc) is 2.63. The minimum absolute atomic E-state index is 0.0278. The topological polar surface area (TPSA) is 58.2 Å². The number of rotatable bonds is 3. The average molecular weight is 260 g/mol. The molecule has 2 N–H and O–H groups in total. The van der Waals surface area contributed by atoms with Gasteiger partial charge in [-0.3, -0.25) is 9.59 Å². The zero-order valence-corrected chi connectivity index (χ0v) is 11.2. The van der Waals surface area contributed by atoms with Crippen molar-refractivity contribution in [3.63, 3.8) is 0 Å². The van der Waals surface area contributed by atoms with E-state index in [1.165, 1.54) is 5.56 Å². The van der Waals surface area contributed by atoms with Crippen LogP contribution in [0.15, 0.2) is 24.3 Å². The van der Waals surface area contributed by atoms with Crippen molar-refractivity contribution < 1.29 is 9.59 Å². The van der Waals surface area contributed by atoms with Gasteiger partial charge in [0.1, 0.15) is 6.04 Å². The maximum absolute atomic E-state index is 12.1. The molecule has 0 saturated carbocycles. The maximum atomic E-state index is 12.1. The first-order chi connectivity index (χ1) is 9.19. The van der Waals surface area contributed by atoms with E-state index in [1.54, 1.807) is 0 Å². The zero-order valence-electron chi connectivity index (χ0n) is 11.2. The lowest BCUT2D eigenvalue weighted by molar-refractivity contribution is -0.125. The fourth-order valence-electron chi connectivity index (χ4n) is 2.27. The fraction of sp³-hybridized carbons (Fsp3) is 0.467. The van der Waals surface area contributed by atoms with E-state index >= 15 is 0 Å². The molecule has 19 heavy (non-hydrogen) atoms. The minimum atomic E-state index is -0.403. The summed E-state index contributed by atoms with van der Waals surface area (Å²) in [7, 11) is 0. The molecule has 1 unspecified atom stereocenters. The lowest BCUT2D eigenvalue weighted by Crippen LogP contribution is -2.42. The van der Waals surface area contributed by atoms with Crippen LogP contribution in [-0.4, -0.2) is 17.9 Å². The summed E-state index contributed by atoms with van der Waals surface area (Å²) in [4.78, 5) is 23.6. The van der Waals surface area contributed by atoms with Crippen LogP contribution in [0.2, 0.25) is 0 Å². The Bertz CT molecular complexity index is 471. The van der Waals surface area contributed by atoms with Crippen LogP contribution in [0.25, 0.3) is 0 Å². The molecule has 0 spiro atoms. The third-order valence-corrected chi connectivity index (χ3v) is 3.40. The van der Waals surface area contributed by atoms with Gasteiger partial charge in [0, 0.05) is 12.1 Å². The van der Waals surface area contributed by atoms with Crippen molar-refractivity contribution >= 4 is 17.5 Å². The van der Waals surface area contributed by atoms with Crippen LogP contribution in [0.3, 0.4) is 0 Å². The van der Waals surface area contributed by atoms with E-state index in [0.29, 0.717) is 12.8 Å². The van der Waals surface area contributed by atoms with Crippen LogP contribution < -0.4 is 10.6 Å². The Morgan fingerprint density at radius 2 is 2.26 bits per heavy atom. The Balaban J connectivity index is 2.01. The number of carbonyl (C=O) groups excluding carboxylic acids is 2. The molecular weight excluding hydrogens is 240 g/mol. The summed E-state index contributed by atoms with van der Waals surface area (Å²) in [6.07, 6.45) is 3.94. The molecule has 4 nitrogen and oxygen atoms in total. The largest absolute Gasteiger partial charge is 0.344 e. The van der Waals surface area contributed by atoms with Crippen molar-refractivity contribution in [2.24, 2.45) is 0 Å². The molecule has 0 aromatic heterocycles. The first kappa shape index (κ1) is 13.6. The van der Waals surface area contributed by atoms with Crippen LogP contribution in [0.5, 0.6) is 0 Å². The normalized spacial score (nSPS) is 19.4. The lowest BCUT2D eigenvalue weighted by atomic mass is 10.1. The molecule has 2 rings (SSSR count). The first-order valence-corrected chi connectivity index (χ1v) is 6.88. The van der Waals surface area contributed by atoms with Crippen molar-refractivity contribution in [3.05, 3.63) is 29.8 Å². The summed E-state index contributed by atoms with van der Waals surface area (Å²) in [6, 6.07) is 7.40. The fourth-order valence-corrected chi connectivity index (χ4v) is 2.27. The van der Waals surface area contributed by atoms with E-state index in [9.17, 15) is 9.59 Å². The molecule has 1 saturated heterocycles. The Labute approximate surface area is 113 Å². The molecule has 0 bridgehead atoms. The predicted molar refractivity (Wildman–Crippen MR) is 74.8 cm³/mol. The molecular formula is C15H20N2O2. The summed E-state index contributed by atoms with van der Waals surface area (Å²) < 4.78 is 0. The number of hydrogen-bond acceptors (Lipinski definition) is 2. The van der Waals surface area contributed by atoms with Crippen molar-refractivity contribution in [2.75, 3.05) is 5.32 Å². The summed E-state index contributed by atoms with van der Waals surface area (Å²) >= 11 is 0. The molecule has 1 fully saturated rings. The van der Waals surface area contributed by atoms with Gasteiger partial charge in [-0.1, -0.05) is 25.5 Å². The highest BCUT2D eigenvalue weighted by molar-refractivity contribution is 5.97. The van der Waals surface area contributed by atoms with Crippen molar-refractivity contribution in [3.8, 4) is 0 Å². The molecule has 2 amide bonds. The molecule has 1 atom stereocenters. The summed E-state index contributed by atoms with van der Waals surface area (Å²) in [5, 5.41) is 5.66. The standard InChI is InChI=1S/C15H20N2O2/c1-2-11-6-5-7-12(10-11)16-15(19)13-8-3-4-9-14(18)17-13/h5-7,10,13H,2-4,8-9H2,1H3,(H,16,19)(H,17,18). The number of anilines is 1. The number of aryl methyl sites for hydroxylation is 1. The number of carbonyl (C=O) groups is 2. The number of nitrogens with one attached hydrogen (secondary N) is 2. The monoisotopic (exact) mass is 260 g/mol. The van der Waals surface area contributed by atoms with E-state index in [2.05, 4.69) is 17.6 Å². The molecule has 1 heterocycles. The van der Waals surface area contributed by atoms with E-state index in [0.717, 1.165) is 24.9 Å². The zero-order chi connectivity index (χ0) is 13.7. The third kappa shape index (κ3) is 3.81. The van der Waals surface area contributed by atoms with Gasteiger partial charge in [0.25, 0.3) is 0 Å². The molecule has 1 aliphatic heterocycles. The van der Waals surface area contributed by atoms with Crippen molar-refractivity contribution in [1.82, 2.24) is 5.32 Å². The van der Waals surface area contributed by atoms with Gasteiger partial charge in [-0.2, -0.15) is 0 Å². The second kappa shape index (κ2) is 6.36. The van der Waals surface area contributed by atoms with Crippen molar-refractivity contribution in [2.45, 2.75) is 45.1 Å². The molecule has 0 aliphatic carbocycles. The molecule has 1 aliphatic rings. The SMILES string of the molecule is CCc1cccc(NC(=O)C2CCCCC(=O)N2)c1. The number of hydrogen-bond donors (Lipinski definition) is 2. The number of amides is 2. The Kier molecular flexibility index (Phi) is 4.55. The summed E-state index contributed by atoms with van der Waals surface area (Å²) in [6.45, 7) is 2.08. The highest BCUT2D eigenvalue weighted by atomic mass is 16.2. The highest BCUT2D eigenvalue weighted by Crippen LogP contribution is 2.14. The smallest absolute Gasteiger partial charge is 0.246 e. The van der Waals surface area contributed by atoms with E-state index in [4.69, 9.17) is 0 Å². The minimum Gasteiger partial charge on any atom is -0.344 e. The molecule has 1 aromatic carbocycles. The summed E-state index contributed by atoms with van der Waals surface area (Å²) in [5.74, 6) is -0.150. The van der Waals surface area contributed by atoms with Gasteiger partial charge in [0.05, 0.1) is 0 Å². The van der Waals surface area contributed by atoms with Gasteiger partial charge < -0.3 is 10.6 Å². The molecule has 1 aromatic rings. The van der Waals surface area contributed by atoms with Crippen LogP contribution in [0, 0.1) is 0 Å². The Morgan fingerprint density at radius 3 is 3.05 bits per heavy atom. The van der Waals surface area contributed by atoms with Gasteiger partial charge in [0.15, 0.2) is 0 Å². The first-order valence-electron chi connectivity index (χ1n) is 6.88. The van der Waals surface area contributed by atoms with Gasteiger partial charge in [-0.05, 0) is 37.0 Å². The molecule has 4 heteroatoms. The number of benzene rings is 1. The van der Waals surface area contributed by atoms with E-state index < -0.39 is 6.04 Å². The van der Waals surface area contributed by atoms with Crippen molar-refractivity contribution in [1.29, 1.82) is 0 Å². The van der Waals surface area contributed by atoms with Crippen LogP contribution in [0.4, 0.5) is 5.69 Å². The maximum Gasteiger partial charge on any atom is 0.246 e. The Hall–Kier alpha value is -1.84. The van der Waals surface area contributed by atoms with Crippen LogP contribution in [-0.2, 0) is 16.0 Å². The van der Waals surface area contributed by atoms with Gasteiger partial charge >= 0.3 is 0 Å². The second-order valence-electron chi connectivity index (χ2n) is 4.91. The third-order valence-electron chi connectivity index (χ3n) is 3.40. The van der Waals surface area contributed by atoms with Crippen LogP contribution in [0.1, 0.15) is 38.2 Å². The van der Waals surface area contributed by atoms with Gasteiger partial charge in [-0.25, -0.2) is 0 Å². The molecule has 0 radical (unpaired) electrons. The van der Waals surface area contributed by atoms with Gasteiger partial charge in [0.2, 0.25) is 11.8 Å². The van der Waals surface area contributed by atoms with E-state index in [1.807, 2.05) is 24.3 Å². The molecule has 102 valence electrons. The van der Waals surface area contributed by atoms with E-state index in [-0.39, 0.29) is 11.8 Å². The Morgan fingerprint density at radius 1 is 1.42 bits per heavy atom.